The van der Waals surface area contributed by atoms with Crippen LogP contribution in [0.3, 0.4) is 0 Å². The molecule has 7 heteroatoms. The molecule has 0 aliphatic carbocycles. The highest BCUT2D eigenvalue weighted by Crippen LogP contribution is 2.27. The van der Waals surface area contributed by atoms with Crippen molar-refractivity contribution in [2.75, 3.05) is 0 Å². The number of hydrazine groups is 1. The lowest BCUT2D eigenvalue weighted by Gasteiger charge is -2.04. The van der Waals surface area contributed by atoms with E-state index in [1.807, 2.05) is 60.7 Å². The van der Waals surface area contributed by atoms with Crippen LogP contribution in [0, 0.1) is 6.92 Å². The zero-order valence-electron chi connectivity index (χ0n) is 16.1. The average molecular weight is 414 g/mol. The lowest BCUT2D eigenvalue weighted by molar-refractivity contribution is -0.117. The van der Waals surface area contributed by atoms with E-state index < -0.39 is 11.8 Å². The molecule has 2 N–H and O–H groups in total. The van der Waals surface area contributed by atoms with Crippen LogP contribution in [0.4, 0.5) is 0 Å². The summed E-state index contributed by atoms with van der Waals surface area (Å²) in [6, 6.07) is 19.2. The highest BCUT2D eigenvalue weighted by Gasteiger charge is 2.16. The van der Waals surface area contributed by atoms with Gasteiger partial charge in [-0.2, -0.15) is 0 Å². The van der Waals surface area contributed by atoms with Gasteiger partial charge in [-0.3, -0.25) is 25.4 Å². The van der Waals surface area contributed by atoms with E-state index in [9.17, 15) is 9.59 Å². The Morgan fingerprint density at radius 3 is 2.60 bits per heavy atom. The maximum atomic E-state index is 12.5. The van der Waals surface area contributed by atoms with Gasteiger partial charge in [0.15, 0.2) is 0 Å². The first-order valence-electron chi connectivity index (χ1n) is 9.27. The first-order chi connectivity index (χ1) is 14.6. The van der Waals surface area contributed by atoms with Crippen molar-refractivity contribution in [3.05, 3.63) is 89.1 Å². The molecule has 2 heterocycles. The van der Waals surface area contributed by atoms with Crippen LogP contribution in [0.15, 0.2) is 72.9 Å². The number of carbonyl (C=O) groups excluding carboxylic acids is 2. The molecule has 2 aromatic carbocycles. The molecule has 148 valence electrons. The van der Waals surface area contributed by atoms with Crippen LogP contribution in [0.2, 0.25) is 0 Å². The normalized spacial score (nSPS) is 11.0. The Balaban J connectivity index is 1.41. The number of para-hydroxylation sites is 1. The predicted molar refractivity (Wildman–Crippen MR) is 119 cm³/mol. The molecule has 2 aromatic heterocycles. The van der Waals surface area contributed by atoms with E-state index in [1.54, 1.807) is 19.2 Å². The number of thiazole rings is 1. The lowest BCUT2D eigenvalue weighted by Crippen LogP contribution is -2.40. The zero-order chi connectivity index (χ0) is 20.9. The van der Waals surface area contributed by atoms with Crippen LogP contribution in [-0.4, -0.2) is 21.8 Å². The molecule has 0 fully saturated rings. The number of amides is 2. The number of aromatic nitrogens is 2. The van der Waals surface area contributed by atoms with Crippen molar-refractivity contribution in [1.82, 2.24) is 20.8 Å². The quantitative estimate of drug-likeness (QED) is 0.388. The summed E-state index contributed by atoms with van der Waals surface area (Å²) in [6.45, 7) is 1.77. The number of nitrogens with one attached hydrogen (secondary N) is 2. The van der Waals surface area contributed by atoms with E-state index in [2.05, 4.69) is 20.8 Å². The van der Waals surface area contributed by atoms with Gasteiger partial charge in [0.1, 0.15) is 9.88 Å². The highest BCUT2D eigenvalue weighted by atomic mass is 32.1. The second-order valence-electron chi connectivity index (χ2n) is 6.50. The topological polar surface area (TPSA) is 84.0 Å². The first kappa shape index (κ1) is 19.5. The smallest absolute Gasteiger partial charge is 0.268 e. The molecule has 2 amide bonds. The Bertz CT molecular complexity index is 1240. The summed E-state index contributed by atoms with van der Waals surface area (Å²) >= 11 is 1.28. The molecule has 6 nitrogen and oxygen atoms in total. The second kappa shape index (κ2) is 8.67. The Morgan fingerprint density at radius 2 is 1.77 bits per heavy atom. The van der Waals surface area contributed by atoms with Crippen LogP contribution in [-0.2, 0) is 4.79 Å². The maximum absolute atomic E-state index is 12.5. The molecule has 4 rings (SSSR count). The Hall–Kier alpha value is -3.84. The Kier molecular flexibility index (Phi) is 5.63. The fourth-order valence-electron chi connectivity index (χ4n) is 2.96. The molecule has 0 spiro atoms. The molecule has 0 unspecified atom stereocenters. The van der Waals surface area contributed by atoms with Crippen molar-refractivity contribution in [2.24, 2.45) is 0 Å². The van der Waals surface area contributed by atoms with Crippen LogP contribution in [0.5, 0.6) is 0 Å². The zero-order valence-corrected chi connectivity index (χ0v) is 16.9. The van der Waals surface area contributed by atoms with Gasteiger partial charge in [0.05, 0.1) is 11.2 Å². The van der Waals surface area contributed by atoms with Crippen LogP contribution >= 0.6 is 11.3 Å². The third kappa shape index (κ3) is 4.26. The number of carbonyl (C=O) groups is 2. The minimum Gasteiger partial charge on any atom is -0.268 e. The standard InChI is InChI=1S/C23H18N4O2S/c1-15-21(30-23(25-15)18-7-3-2-4-8-18)22(29)27-26-19(28)13-12-17-10-5-9-16-11-6-14-24-20(16)17/h2-14H,1H3,(H,26,28)(H,27,29)/b13-12+. The fourth-order valence-corrected chi connectivity index (χ4v) is 3.92. The van der Waals surface area contributed by atoms with Gasteiger partial charge in [-0.15, -0.1) is 11.3 Å². The number of hydrogen-bond donors (Lipinski definition) is 2. The monoisotopic (exact) mass is 414 g/mol. The van der Waals surface area contributed by atoms with E-state index in [-0.39, 0.29) is 0 Å². The summed E-state index contributed by atoms with van der Waals surface area (Å²) in [7, 11) is 0. The van der Waals surface area contributed by atoms with Crippen molar-refractivity contribution in [3.63, 3.8) is 0 Å². The lowest BCUT2D eigenvalue weighted by atomic mass is 10.1. The average Bonchev–Trinajstić information content (AvgIpc) is 3.18. The van der Waals surface area contributed by atoms with Crippen LogP contribution < -0.4 is 10.9 Å². The molecular formula is C23H18N4O2S. The fraction of sp³-hybridized carbons (Fsp3) is 0.0435. The number of rotatable bonds is 4. The number of pyridine rings is 1. The number of benzene rings is 2. The summed E-state index contributed by atoms with van der Waals surface area (Å²) in [5, 5.41) is 1.75. The van der Waals surface area contributed by atoms with Crippen LogP contribution in [0.25, 0.3) is 27.6 Å². The SMILES string of the molecule is Cc1nc(-c2ccccc2)sc1C(=O)NNC(=O)/C=C/c1cccc2cccnc12. The van der Waals surface area contributed by atoms with Gasteiger partial charge in [-0.1, -0.05) is 54.6 Å². The Labute approximate surface area is 177 Å². The minimum absolute atomic E-state index is 0.402. The van der Waals surface area contributed by atoms with E-state index in [4.69, 9.17) is 0 Å². The largest absolute Gasteiger partial charge is 0.281 e. The predicted octanol–water partition coefficient (Wildman–Crippen LogP) is 4.14. The van der Waals surface area contributed by atoms with Crippen LogP contribution in [0.1, 0.15) is 20.9 Å². The second-order valence-corrected chi connectivity index (χ2v) is 7.50. The molecule has 0 saturated heterocycles. The summed E-state index contributed by atoms with van der Waals surface area (Å²) < 4.78 is 0. The van der Waals surface area contributed by atoms with E-state index >= 15 is 0 Å². The molecule has 0 aliphatic rings. The molecular weight excluding hydrogens is 396 g/mol. The third-order valence-corrected chi connectivity index (χ3v) is 5.61. The summed E-state index contributed by atoms with van der Waals surface area (Å²) in [5.41, 5.74) is 8.04. The summed E-state index contributed by atoms with van der Waals surface area (Å²) in [4.78, 5) is 33.9. The van der Waals surface area contributed by atoms with E-state index in [0.717, 1.165) is 27.0 Å². The minimum atomic E-state index is -0.443. The van der Waals surface area contributed by atoms with Crippen molar-refractivity contribution in [2.45, 2.75) is 6.92 Å². The van der Waals surface area contributed by atoms with Crippen molar-refractivity contribution in [1.29, 1.82) is 0 Å². The number of hydrogen-bond acceptors (Lipinski definition) is 5. The van der Waals surface area contributed by atoms with Crippen molar-refractivity contribution >= 4 is 40.1 Å². The van der Waals surface area contributed by atoms with Crippen molar-refractivity contribution < 1.29 is 9.59 Å². The van der Waals surface area contributed by atoms with Gasteiger partial charge >= 0.3 is 0 Å². The van der Waals surface area contributed by atoms with Gasteiger partial charge in [0, 0.05) is 28.8 Å². The first-order valence-corrected chi connectivity index (χ1v) is 10.1. The van der Waals surface area contributed by atoms with Gasteiger partial charge in [0.25, 0.3) is 11.8 Å². The highest BCUT2D eigenvalue weighted by molar-refractivity contribution is 7.17. The third-order valence-electron chi connectivity index (χ3n) is 4.40. The van der Waals surface area contributed by atoms with Gasteiger partial charge in [-0.25, -0.2) is 4.98 Å². The number of fused-ring (bicyclic) bond motifs is 1. The molecule has 0 bridgehead atoms. The molecule has 4 aromatic rings. The molecule has 0 radical (unpaired) electrons. The van der Waals surface area contributed by atoms with Crippen molar-refractivity contribution in [3.8, 4) is 10.6 Å². The van der Waals surface area contributed by atoms with Gasteiger partial charge < -0.3 is 0 Å². The summed E-state index contributed by atoms with van der Waals surface area (Å²) in [6.07, 6.45) is 4.74. The molecule has 0 saturated carbocycles. The van der Waals surface area contributed by atoms with Gasteiger partial charge in [-0.05, 0) is 19.1 Å². The van der Waals surface area contributed by atoms with E-state index in [0.29, 0.717) is 10.6 Å². The van der Waals surface area contributed by atoms with E-state index in [1.165, 1.54) is 17.4 Å². The Morgan fingerprint density at radius 1 is 0.967 bits per heavy atom. The molecule has 0 atom stereocenters. The number of aryl methyl sites for hydroxylation is 1. The molecule has 0 aliphatic heterocycles. The number of nitrogens with zero attached hydrogens (tertiary/aromatic N) is 2. The maximum Gasteiger partial charge on any atom is 0.281 e. The molecule has 30 heavy (non-hydrogen) atoms. The van der Waals surface area contributed by atoms with Gasteiger partial charge in [0.2, 0.25) is 0 Å². The summed E-state index contributed by atoms with van der Waals surface area (Å²) in [5.74, 6) is -0.845.